The van der Waals surface area contributed by atoms with Crippen molar-refractivity contribution in [3.05, 3.63) is 187 Å². The zero-order chi connectivity index (χ0) is 39.5. The van der Waals surface area contributed by atoms with Crippen molar-refractivity contribution in [2.24, 2.45) is 17.0 Å². The molecule has 4 aromatic carbocycles. The Balaban J connectivity index is 1.37. The van der Waals surface area contributed by atoms with Gasteiger partial charge < -0.3 is 13.9 Å². The van der Waals surface area contributed by atoms with Crippen molar-refractivity contribution in [1.82, 2.24) is 4.57 Å². The van der Waals surface area contributed by atoms with E-state index in [1.165, 1.54) is 5.56 Å². The second kappa shape index (κ2) is 16.1. The number of aliphatic imine (C=N–C) groups is 1. The zero-order valence-electron chi connectivity index (χ0n) is 33.4. The first kappa shape index (κ1) is 38.5. The number of allylic oxidation sites excluding steroid dienone is 6. The summed E-state index contributed by atoms with van der Waals surface area (Å²) in [4.78, 5) is 10.5. The Morgan fingerprint density at radius 1 is 0.732 bits per heavy atom. The molecule has 0 amide bonds. The summed E-state index contributed by atoms with van der Waals surface area (Å²) >= 11 is 0. The third-order valence-electron chi connectivity index (χ3n) is 11.0. The lowest BCUT2D eigenvalue weighted by atomic mass is 9.77. The molecule has 1 aromatic heterocycles. The number of rotatable bonds is 10. The van der Waals surface area contributed by atoms with Gasteiger partial charge in [0.1, 0.15) is 5.49 Å². The monoisotopic (exact) mass is 735 g/mol. The van der Waals surface area contributed by atoms with E-state index in [1.807, 2.05) is 48.1 Å². The Morgan fingerprint density at radius 3 is 2.00 bits per heavy atom. The lowest BCUT2D eigenvalue weighted by Gasteiger charge is -2.32. The summed E-state index contributed by atoms with van der Waals surface area (Å²) in [6.45, 7) is 19.5. The van der Waals surface area contributed by atoms with Crippen molar-refractivity contribution in [1.29, 1.82) is 0 Å². The number of nitrogens with zero attached hydrogens (tertiary/aromatic N) is 3. The van der Waals surface area contributed by atoms with Crippen molar-refractivity contribution in [3.8, 4) is 22.3 Å². The first-order valence-electron chi connectivity index (χ1n) is 19.3. The van der Waals surface area contributed by atoms with Crippen molar-refractivity contribution in [2.75, 3.05) is 0 Å². The lowest BCUT2D eigenvalue weighted by molar-refractivity contribution is 0.00578. The maximum absolute atomic E-state index is 6.63. The quantitative estimate of drug-likeness (QED) is 0.0815. The van der Waals surface area contributed by atoms with Crippen LogP contribution in [0.15, 0.2) is 174 Å². The smallest absolute Gasteiger partial charge is 0.399 e. The Hall–Kier alpha value is -5.82. The molecule has 2 aliphatic rings. The molecule has 1 fully saturated rings. The maximum atomic E-state index is 6.63. The van der Waals surface area contributed by atoms with E-state index in [9.17, 15) is 0 Å². The molecular formula is C50H50BN3O2. The molecule has 2 heterocycles. The van der Waals surface area contributed by atoms with Gasteiger partial charge in [-0.15, -0.1) is 0 Å². The summed E-state index contributed by atoms with van der Waals surface area (Å²) in [6, 6.07) is 39.7. The van der Waals surface area contributed by atoms with Gasteiger partial charge in [0, 0.05) is 30.1 Å². The molecule has 1 aliphatic carbocycles. The van der Waals surface area contributed by atoms with Gasteiger partial charge >= 0.3 is 7.12 Å². The first-order chi connectivity index (χ1) is 26.9. The van der Waals surface area contributed by atoms with Crippen LogP contribution >= 0.6 is 0 Å². The highest BCUT2D eigenvalue weighted by molar-refractivity contribution is 6.62. The molecule has 6 heteroatoms. The van der Waals surface area contributed by atoms with Crippen LogP contribution in [0, 0.1) is 0 Å². The van der Waals surface area contributed by atoms with E-state index in [4.69, 9.17) is 19.3 Å². The summed E-state index contributed by atoms with van der Waals surface area (Å²) in [5.41, 5.74) is 12.0. The fraction of sp³-hybridized carbons (Fsp3) is 0.200. The molecule has 280 valence electrons. The molecular weight excluding hydrogens is 685 g/mol. The third kappa shape index (κ3) is 8.37. The minimum Gasteiger partial charge on any atom is -0.399 e. The van der Waals surface area contributed by atoms with Crippen molar-refractivity contribution in [2.45, 2.75) is 58.7 Å². The molecule has 0 spiro atoms. The summed E-state index contributed by atoms with van der Waals surface area (Å²) < 4.78 is 15.3. The molecule has 0 atom stereocenters. The van der Waals surface area contributed by atoms with Crippen LogP contribution < -0.4 is 11.0 Å². The van der Waals surface area contributed by atoms with E-state index in [2.05, 4.69) is 157 Å². The van der Waals surface area contributed by atoms with E-state index in [-0.39, 0.29) is 0 Å². The molecule has 7 rings (SSSR count). The number of aryl methyl sites for hydroxylation is 1. The van der Waals surface area contributed by atoms with Gasteiger partial charge in [-0.1, -0.05) is 128 Å². The molecule has 0 radical (unpaired) electrons. The van der Waals surface area contributed by atoms with Crippen LogP contribution in [0.5, 0.6) is 0 Å². The highest BCUT2D eigenvalue weighted by Crippen LogP contribution is 2.37. The molecule has 1 aliphatic heterocycles. The van der Waals surface area contributed by atoms with Crippen molar-refractivity contribution < 1.29 is 9.31 Å². The summed E-state index contributed by atoms with van der Waals surface area (Å²) in [5, 5.41) is 0. The Labute approximate surface area is 332 Å². The molecule has 0 N–H and O–H groups in total. The second-order valence-electron chi connectivity index (χ2n) is 15.5. The largest absolute Gasteiger partial charge is 0.494 e. The molecule has 56 heavy (non-hydrogen) atoms. The lowest BCUT2D eigenvalue weighted by Crippen LogP contribution is -2.41. The third-order valence-corrected chi connectivity index (χ3v) is 11.0. The molecule has 0 saturated carbocycles. The van der Waals surface area contributed by atoms with Crippen LogP contribution in [-0.4, -0.2) is 28.6 Å². The van der Waals surface area contributed by atoms with E-state index in [0.29, 0.717) is 5.70 Å². The Bertz CT molecular complexity index is 2450. The number of hydrogen-bond acceptors (Lipinski definition) is 4. The normalized spacial score (nSPS) is 16.9. The first-order valence-corrected chi connectivity index (χ1v) is 19.3. The highest BCUT2D eigenvalue weighted by atomic mass is 16.7. The molecule has 0 unspecified atom stereocenters. The van der Waals surface area contributed by atoms with E-state index in [1.54, 1.807) is 0 Å². The van der Waals surface area contributed by atoms with Gasteiger partial charge in [0.15, 0.2) is 0 Å². The van der Waals surface area contributed by atoms with Gasteiger partial charge in [-0.25, -0.2) is 4.99 Å². The van der Waals surface area contributed by atoms with Gasteiger partial charge in [0.05, 0.1) is 22.6 Å². The fourth-order valence-electron chi connectivity index (χ4n) is 6.92. The van der Waals surface area contributed by atoms with Crippen molar-refractivity contribution >= 4 is 35.3 Å². The van der Waals surface area contributed by atoms with Crippen LogP contribution in [0.3, 0.4) is 0 Å². The van der Waals surface area contributed by atoms with Gasteiger partial charge in [0.2, 0.25) is 0 Å². The van der Waals surface area contributed by atoms with Crippen LogP contribution in [-0.2, 0) is 16.4 Å². The average molecular weight is 736 g/mol. The van der Waals surface area contributed by atoms with Crippen molar-refractivity contribution in [3.63, 3.8) is 0 Å². The molecule has 5 nitrogen and oxygen atoms in total. The molecule has 1 saturated heterocycles. The van der Waals surface area contributed by atoms with Crippen LogP contribution in [0.2, 0.25) is 0 Å². The number of pyridine rings is 1. The van der Waals surface area contributed by atoms with Crippen LogP contribution in [0.1, 0.15) is 64.2 Å². The fourth-order valence-corrected chi connectivity index (χ4v) is 6.92. The standard InChI is InChI=1S/C50H50BN3O2/c1-35(38-26-28-41(29-27-38)40-21-14-10-15-22-40)31-47(52-36(2)39-19-12-9-13-20-39)44-32-43(33-45(34-44)51-55-49(4,5)50(6,7)56-51)37(3)53-48-46(25-18-30-54(48)8)42-23-16-11-17-24-42/h10-12,14-34H,1,3,9,13H2,2,4-8H3/b47-31-,52-36+,53-48-. The molecule has 0 bridgehead atoms. The second-order valence-corrected chi connectivity index (χ2v) is 15.5. The minimum absolute atomic E-state index is 0.523. The zero-order valence-corrected chi connectivity index (χ0v) is 33.4. The number of aromatic nitrogens is 1. The van der Waals surface area contributed by atoms with E-state index >= 15 is 0 Å². The number of hydrogen-bond donors (Lipinski definition) is 0. The Kier molecular flexibility index (Phi) is 11.1. The maximum Gasteiger partial charge on any atom is 0.494 e. The number of benzene rings is 4. The van der Waals surface area contributed by atoms with E-state index < -0.39 is 18.3 Å². The van der Waals surface area contributed by atoms with Crippen LogP contribution in [0.4, 0.5) is 0 Å². The topological polar surface area (TPSA) is 48.1 Å². The predicted octanol–water partition coefficient (Wildman–Crippen LogP) is 11.0. The van der Waals surface area contributed by atoms with Crippen LogP contribution in [0.25, 0.3) is 39.2 Å². The van der Waals surface area contributed by atoms with Gasteiger partial charge in [0.25, 0.3) is 0 Å². The highest BCUT2D eigenvalue weighted by Gasteiger charge is 2.51. The van der Waals surface area contributed by atoms with Gasteiger partial charge in [-0.3, -0.25) is 4.99 Å². The summed E-state index contributed by atoms with van der Waals surface area (Å²) in [6.07, 6.45) is 12.7. The predicted molar refractivity (Wildman–Crippen MR) is 236 cm³/mol. The SMILES string of the molecule is C=C(/C=C(\N=C(/C)C1=CCCC=C1)c1cc(B2OC(C)(C)C(C)(C)O2)cc(C(=C)/N=c2/c(-c3ccccc3)cccn2C)c1)c1ccc(-c2ccccc2)cc1. The van der Waals surface area contributed by atoms with Gasteiger partial charge in [-0.05, 0) is 116 Å². The average Bonchev–Trinajstić information content (AvgIpc) is 3.44. The summed E-state index contributed by atoms with van der Waals surface area (Å²) in [5.74, 6) is 0. The summed E-state index contributed by atoms with van der Waals surface area (Å²) in [7, 11) is 1.40. The molecule has 5 aromatic rings. The van der Waals surface area contributed by atoms with Gasteiger partial charge in [-0.2, -0.15) is 0 Å². The minimum atomic E-state index is -0.608. The van der Waals surface area contributed by atoms with E-state index in [0.717, 1.165) is 79.7 Å². The Morgan fingerprint density at radius 2 is 1.36 bits per heavy atom.